The molecule has 1 aromatic heterocycles. The van der Waals surface area contributed by atoms with E-state index in [0.717, 1.165) is 55.6 Å². The zero-order valence-electron chi connectivity index (χ0n) is 29.9. The number of aryl methyl sites for hydroxylation is 1. The molecule has 10 nitrogen and oxygen atoms in total. The van der Waals surface area contributed by atoms with Crippen LogP contribution in [0.4, 0.5) is 10.5 Å². The van der Waals surface area contributed by atoms with Gasteiger partial charge in [0.15, 0.2) is 0 Å². The first-order chi connectivity index (χ1) is 22.2. The maximum Gasteiger partial charge on any atom is 0.410 e. The van der Waals surface area contributed by atoms with Crippen molar-refractivity contribution < 1.29 is 19.1 Å². The summed E-state index contributed by atoms with van der Waals surface area (Å²) >= 11 is 0. The van der Waals surface area contributed by atoms with Gasteiger partial charge in [0.1, 0.15) is 11.4 Å². The van der Waals surface area contributed by atoms with Crippen molar-refractivity contribution in [3.05, 3.63) is 63.1 Å². The number of morpholine rings is 1. The van der Waals surface area contributed by atoms with E-state index in [4.69, 9.17) is 9.47 Å². The van der Waals surface area contributed by atoms with Gasteiger partial charge in [-0.05, 0) is 100 Å². The van der Waals surface area contributed by atoms with Gasteiger partial charge in [-0.2, -0.15) is 0 Å². The van der Waals surface area contributed by atoms with Crippen LogP contribution in [0.15, 0.2) is 40.2 Å². The fourth-order valence-electron chi connectivity index (χ4n) is 6.43. The molecule has 2 bridgehead atoms. The molecule has 258 valence electrons. The van der Waals surface area contributed by atoms with Crippen molar-refractivity contribution in [2.45, 2.75) is 111 Å². The third-order valence-electron chi connectivity index (χ3n) is 9.95. The number of fused-ring (bicyclic) bond motifs is 2. The molecule has 3 aliphatic heterocycles. The number of rotatable bonds is 6. The number of ether oxygens (including phenoxy) is 2. The van der Waals surface area contributed by atoms with Gasteiger partial charge in [0.25, 0.3) is 11.5 Å². The van der Waals surface area contributed by atoms with E-state index < -0.39 is 0 Å². The number of pyridine rings is 1. The summed E-state index contributed by atoms with van der Waals surface area (Å²) in [5.41, 5.74) is 3.77. The van der Waals surface area contributed by atoms with Crippen LogP contribution >= 0.6 is 0 Å². The number of aromatic nitrogens is 1. The number of hydrogen-bond acceptors (Lipinski definition) is 6. The predicted molar refractivity (Wildman–Crippen MR) is 188 cm³/mol. The fourth-order valence-corrected chi connectivity index (χ4v) is 6.43. The lowest BCUT2D eigenvalue weighted by atomic mass is 9.78. The molecule has 3 aliphatic rings. The zero-order valence-corrected chi connectivity index (χ0v) is 29.9. The molecule has 0 saturated carbocycles. The van der Waals surface area contributed by atoms with E-state index in [1.807, 2.05) is 61.8 Å². The number of amidine groups is 1. The number of carbonyl (C=O) groups is 2. The first-order valence-corrected chi connectivity index (χ1v) is 17.2. The molecule has 10 heteroatoms. The number of likely N-dealkylation sites (tertiary alicyclic amines) is 2. The Morgan fingerprint density at radius 3 is 2.43 bits per heavy atom. The second-order valence-electron chi connectivity index (χ2n) is 14.6. The van der Waals surface area contributed by atoms with Crippen LogP contribution in [0.5, 0.6) is 0 Å². The summed E-state index contributed by atoms with van der Waals surface area (Å²) in [5.74, 6) is 0.810. The SMILES string of the molecule is CCC(C)c1cc[nH]c(=O)c1C(=NC)Nc1ccc(C(=O)N2CC3CC2CO3)c(C)c1.CCC1(C)CCN(C(=O)OC(C)(C)C)CC1. The van der Waals surface area contributed by atoms with Crippen LogP contribution in [0.3, 0.4) is 0 Å². The Labute approximate surface area is 280 Å². The molecule has 3 atom stereocenters. The maximum absolute atomic E-state index is 13.0. The quantitative estimate of drug-likeness (QED) is 0.265. The molecule has 0 radical (unpaired) electrons. The topological polar surface area (TPSA) is 116 Å². The predicted octanol–water partition coefficient (Wildman–Crippen LogP) is 6.73. The second-order valence-corrected chi connectivity index (χ2v) is 14.6. The summed E-state index contributed by atoms with van der Waals surface area (Å²) in [6.45, 7) is 19.4. The van der Waals surface area contributed by atoms with E-state index >= 15 is 0 Å². The highest BCUT2D eigenvalue weighted by Gasteiger charge is 2.42. The van der Waals surface area contributed by atoms with Crippen molar-refractivity contribution in [2.75, 3.05) is 38.6 Å². The van der Waals surface area contributed by atoms with E-state index in [-0.39, 0.29) is 41.2 Å². The molecule has 2 amide bonds. The number of carbonyl (C=O) groups excluding carboxylic acids is 2. The van der Waals surface area contributed by atoms with Crippen molar-refractivity contribution in [1.29, 1.82) is 0 Å². The summed E-state index contributed by atoms with van der Waals surface area (Å²) in [5, 5.41) is 3.29. The van der Waals surface area contributed by atoms with Gasteiger partial charge in [0, 0.05) is 44.1 Å². The van der Waals surface area contributed by atoms with Crippen molar-refractivity contribution in [3.63, 3.8) is 0 Å². The van der Waals surface area contributed by atoms with Crippen LogP contribution in [0, 0.1) is 12.3 Å². The van der Waals surface area contributed by atoms with Crippen molar-refractivity contribution in [3.8, 4) is 0 Å². The Bertz CT molecular complexity index is 1500. The zero-order chi connectivity index (χ0) is 34.5. The van der Waals surface area contributed by atoms with Gasteiger partial charge in [0.2, 0.25) is 0 Å². The van der Waals surface area contributed by atoms with Gasteiger partial charge in [-0.3, -0.25) is 14.6 Å². The highest BCUT2D eigenvalue weighted by Crippen LogP contribution is 2.34. The Kier molecular flexibility index (Phi) is 11.6. The lowest BCUT2D eigenvalue weighted by molar-refractivity contribution is 0.0115. The molecule has 0 spiro atoms. The molecule has 3 unspecified atom stereocenters. The Morgan fingerprint density at radius 2 is 1.89 bits per heavy atom. The van der Waals surface area contributed by atoms with Gasteiger partial charge < -0.3 is 29.6 Å². The molecular formula is C37H55N5O5. The molecule has 4 heterocycles. The lowest BCUT2D eigenvalue weighted by Gasteiger charge is -2.39. The third kappa shape index (κ3) is 8.83. The monoisotopic (exact) mass is 649 g/mol. The number of nitrogens with one attached hydrogen (secondary N) is 2. The minimum absolute atomic E-state index is 0.0581. The first kappa shape index (κ1) is 36.2. The molecule has 47 heavy (non-hydrogen) atoms. The number of anilines is 1. The van der Waals surface area contributed by atoms with Crippen LogP contribution < -0.4 is 10.9 Å². The van der Waals surface area contributed by atoms with Gasteiger partial charge in [-0.25, -0.2) is 4.79 Å². The molecule has 3 fully saturated rings. The number of H-pyrrole nitrogens is 1. The highest BCUT2D eigenvalue weighted by molar-refractivity contribution is 6.09. The number of nitrogens with zero attached hydrogens (tertiary/aromatic N) is 3. The normalized spacial score (nSPS) is 21.2. The smallest absolute Gasteiger partial charge is 0.410 e. The highest BCUT2D eigenvalue weighted by atomic mass is 16.6. The van der Waals surface area contributed by atoms with E-state index in [0.29, 0.717) is 35.5 Å². The summed E-state index contributed by atoms with van der Waals surface area (Å²) in [7, 11) is 1.67. The lowest BCUT2D eigenvalue weighted by Crippen LogP contribution is -2.44. The Morgan fingerprint density at radius 1 is 1.19 bits per heavy atom. The number of hydrogen-bond donors (Lipinski definition) is 2. The minimum Gasteiger partial charge on any atom is -0.444 e. The first-order valence-electron chi connectivity index (χ1n) is 17.2. The molecule has 0 aliphatic carbocycles. The maximum atomic E-state index is 13.0. The number of aromatic amines is 1. The van der Waals surface area contributed by atoms with E-state index in [1.54, 1.807) is 13.2 Å². The Balaban J connectivity index is 0.000000264. The molecular weight excluding hydrogens is 594 g/mol. The van der Waals surface area contributed by atoms with Gasteiger partial charge in [-0.15, -0.1) is 0 Å². The third-order valence-corrected chi connectivity index (χ3v) is 9.95. The Hall–Kier alpha value is -3.66. The van der Waals surface area contributed by atoms with Crippen LogP contribution in [-0.4, -0.2) is 83.7 Å². The van der Waals surface area contributed by atoms with Crippen LogP contribution in [0.2, 0.25) is 0 Å². The van der Waals surface area contributed by atoms with Crippen molar-refractivity contribution in [1.82, 2.24) is 14.8 Å². The minimum atomic E-state index is -0.386. The molecule has 5 rings (SSSR count). The molecule has 3 saturated heterocycles. The van der Waals surface area contributed by atoms with Crippen LogP contribution in [0.1, 0.15) is 114 Å². The standard InChI is InChI=1S/C24H30N4O3.C13H25NO2/c1-5-14(2)19-8-9-26-23(29)21(19)22(25-4)27-16-6-7-20(15(3)10-16)24(30)28-12-18-11-17(28)13-31-18;1-6-13(5)7-9-14(10-8-13)11(15)16-12(2,3)4/h6-10,14,17-18H,5,11-13H2,1-4H3,(H,25,27)(H,26,29);6-10H2,1-5H3. The summed E-state index contributed by atoms with van der Waals surface area (Å²) in [6, 6.07) is 7.79. The molecule has 2 N–H and O–H groups in total. The summed E-state index contributed by atoms with van der Waals surface area (Å²) in [4.78, 5) is 48.4. The number of benzene rings is 1. The summed E-state index contributed by atoms with van der Waals surface area (Å²) < 4.78 is 11.0. The van der Waals surface area contributed by atoms with Crippen LogP contribution in [-0.2, 0) is 9.47 Å². The van der Waals surface area contributed by atoms with E-state index in [2.05, 4.69) is 43.0 Å². The number of piperidine rings is 1. The van der Waals surface area contributed by atoms with E-state index in [1.165, 1.54) is 6.42 Å². The van der Waals surface area contributed by atoms with Gasteiger partial charge in [0.05, 0.1) is 24.3 Å². The van der Waals surface area contributed by atoms with Crippen molar-refractivity contribution >= 4 is 23.5 Å². The average molecular weight is 650 g/mol. The molecule has 2 aromatic rings. The van der Waals surface area contributed by atoms with Crippen molar-refractivity contribution in [2.24, 2.45) is 10.4 Å². The summed E-state index contributed by atoms with van der Waals surface area (Å²) in [6.07, 6.45) is 6.92. The van der Waals surface area contributed by atoms with Gasteiger partial charge >= 0.3 is 6.09 Å². The van der Waals surface area contributed by atoms with E-state index in [9.17, 15) is 14.4 Å². The average Bonchev–Trinajstić information content (AvgIpc) is 3.67. The fraction of sp³-hybridized carbons (Fsp3) is 0.622. The second kappa shape index (κ2) is 15.0. The number of amides is 2. The van der Waals surface area contributed by atoms with Crippen LogP contribution in [0.25, 0.3) is 0 Å². The largest absolute Gasteiger partial charge is 0.444 e. The molecule has 1 aromatic carbocycles. The number of aliphatic imine (C=N–C) groups is 1. The van der Waals surface area contributed by atoms with Gasteiger partial charge in [-0.1, -0.05) is 34.1 Å².